The van der Waals surface area contributed by atoms with Crippen LogP contribution in [0.15, 0.2) is 0 Å². The van der Waals surface area contributed by atoms with Gasteiger partial charge in [0.1, 0.15) is 0 Å². The molecule has 0 aromatic heterocycles. The van der Waals surface area contributed by atoms with Crippen LogP contribution < -0.4 is 0 Å². The van der Waals surface area contributed by atoms with Crippen molar-refractivity contribution in [2.45, 2.75) is 0 Å². The second-order valence-corrected chi connectivity index (χ2v) is 0. The maximum atomic E-state index is 0. The maximum Gasteiger partial charge on any atom is 0 e. The predicted octanol–water partition coefficient (Wildman–Crippen LogP) is -0.386. The smallest absolute Gasteiger partial charge is 0 e. The Morgan fingerprint density at radius 3 is 1.00 bits per heavy atom. The molecule has 5 heavy (non-hydrogen) atoms. The van der Waals surface area contributed by atoms with Gasteiger partial charge in [-0.1, -0.05) is 0 Å². The van der Waals surface area contributed by atoms with Gasteiger partial charge in [-0.05, 0) is 0 Å². The molecule has 0 aliphatic heterocycles. The molecule has 27 valence electrons. The molecule has 0 aliphatic carbocycles. The third kappa shape index (κ3) is 17.9. The Bertz CT molecular complexity index is 11.6. The molecule has 0 bridgehead atoms. The molecular weight excluding hydrogens is 631 g/mol. The third-order valence-electron chi connectivity index (χ3n) is 0. The minimum absolute atomic E-state index is 0. The molecule has 0 aliphatic rings. The minimum atomic E-state index is 0. The molecule has 5 heteroatoms. The third-order valence-corrected chi connectivity index (χ3v) is 0. The summed E-state index contributed by atoms with van der Waals surface area (Å²) < 4.78 is 0. The normalized spacial score (nSPS) is 0. The van der Waals surface area contributed by atoms with E-state index in [1.165, 1.54) is 0 Å². The van der Waals surface area contributed by atoms with Crippen LogP contribution in [0.5, 0.6) is 0 Å². The van der Waals surface area contributed by atoms with E-state index in [1.54, 1.807) is 0 Å². The minimum Gasteiger partial charge on any atom is 0 e. The fraction of sp³-hybridized carbons (Fsp3) is 0. The summed E-state index contributed by atoms with van der Waals surface area (Å²) in [5, 5.41) is 0. The van der Waals surface area contributed by atoms with Crippen molar-refractivity contribution in [3.63, 3.8) is 0 Å². The van der Waals surface area contributed by atoms with E-state index in [1.807, 2.05) is 0 Å². The Hall–Kier alpha value is 6.45. The first-order chi connectivity index (χ1) is 0. The second-order valence-electron chi connectivity index (χ2n) is 0. The van der Waals surface area contributed by atoms with E-state index in [4.69, 9.17) is 0 Å². The molecule has 0 unspecified atom stereocenters. The Morgan fingerprint density at radius 2 is 1.00 bits per heavy atom. The van der Waals surface area contributed by atoms with Crippen LogP contribution in [0.25, 0.3) is 0 Å². The topological polar surface area (TPSA) is 0 Å². The standard InChI is InChI=1S/Ba.Ce.Y.Yb.Zr. The van der Waals surface area contributed by atoms with Crippen LogP contribution in [0.1, 0.15) is 0 Å². The first kappa shape index (κ1) is 30.1. The summed E-state index contributed by atoms with van der Waals surface area (Å²) in [6, 6.07) is 0. The van der Waals surface area contributed by atoms with Crippen LogP contribution in [0.3, 0.4) is 0 Å². The van der Waals surface area contributed by atoms with Gasteiger partial charge in [-0.2, -0.15) is 0 Å². The van der Waals surface area contributed by atoms with E-state index in [9.17, 15) is 0 Å². The van der Waals surface area contributed by atoms with Crippen molar-refractivity contribution in [3.05, 3.63) is 0 Å². The van der Waals surface area contributed by atoms with Gasteiger partial charge in [0.25, 0.3) is 0 Å². The molecule has 0 fully saturated rings. The first-order valence-electron chi connectivity index (χ1n) is 0. The molecule has 0 aromatic rings. The van der Waals surface area contributed by atoms with Gasteiger partial charge >= 0.3 is 0 Å². The monoisotopic (exact) mass is 631 g/mol. The zero-order valence-electron chi connectivity index (χ0n) is 2.55. The van der Waals surface area contributed by atoms with Crippen molar-refractivity contribution in [1.29, 1.82) is 0 Å². The van der Waals surface area contributed by atoms with Gasteiger partial charge in [-0.15, -0.1) is 0 Å². The van der Waals surface area contributed by atoms with E-state index in [-0.39, 0.29) is 196 Å². The molecule has 0 spiro atoms. The molecule has 0 atom stereocenters. The molecule has 3 radical (unpaired) electrons. The zero-order chi connectivity index (χ0) is 0. The molecule has 0 N–H and O–H groups in total. The number of hydrogen-bond acceptors (Lipinski definition) is 0. The molecule has 0 saturated heterocycles. The van der Waals surface area contributed by atoms with Crippen LogP contribution in [0.4, 0.5) is 0 Å². The van der Waals surface area contributed by atoms with Crippen LogP contribution >= 0.6 is 0 Å². The molecule has 0 nitrogen and oxygen atoms in total. The fourth-order valence-corrected chi connectivity index (χ4v) is 0. The Labute approximate surface area is 189 Å². The van der Waals surface area contributed by atoms with Gasteiger partial charge in [0, 0.05) is 196 Å². The van der Waals surface area contributed by atoms with Crippen molar-refractivity contribution >= 4 is 48.9 Å². The summed E-state index contributed by atoms with van der Waals surface area (Å²) in [4.78, 5) is 0. The van der Waals surface area contributed by atoms with Gasteiger partial charge in [0.15, 0.2) is 0 Å². The summed E-state index contributed by atoms with van der Waals surface area (Å²) >= 11 is 0. The molecule has 0 saturated carbocycles. The molecule has 0 heterocycles. The van der Waals surface area contributed by atoms with Gasteiger partial charge in [-0.25, -0.2) is 0 Å². The average Bonchev–Trinajstić information content (AvgIpc) is 0. The Morgan fingerprint density at radius 1 is 1.00 bits per heavy atom. The summed E-state index contributed by atoms with van der Waals surface area (Å²) in [5.41, 5.74) is 0. The fourth-order valence-electron chi connectivity index (χ4n) is 0. The van der Waals surface area contributed by atoms with Gasteiger partial charge in [0.2, 0.25) is 0 Å². The summed E-state index contributed by atoms with van der Waals surface area (Å²) in [6.45, 7) is 0. The van der Waals surface area contributed by atoms with Crippen molar-refractivity contribution in [2.24, 2.45) is 0 Å². The van der Waals surface area contributed by atoms with Crippen LogP contribution in [-0.2, 0) is 58.9 Å². The van der Waals surface area contributed by atoms with Crippen molar-refractivity contribution in [1.82, 2.24) is 0 Å². The number of hydrogen-bond donors (Lipinski definition) is 0. The molecule has 0 aromatic carbocycles. The Kier molecular flexibility index (Phi) is 135. The van der Waals surface area contributed by atoms with Gasteiger partial charge in [-0.3, -0.25) is 0 Å². The second kappa shape index (κ2) is 22.4. The molecular formula is BaCeYYbZr. The predicted molar refractivity (Wildman–Crippen MR) is 5.75 cm³/mol. The van der Waals surface area contributed by atoms with Crippen LogP contribution in [-0.4, -0.2) is 48.9 Å². The molecule has 0 rings (SSSR count). The summed E-state index contributed by atoms with van der Waals surface area (Å²) in [5.74, 6) is 0. The van der Waals surface area contributed by atoms with Gasteiger partial charge < -0.3 is 0 Å². The summed E-state index contributed by atoms with van der Waals surface area (Å²) in [6.07, 6.45) is 0. The zero-order valence-corrected chi connectivity index (χ0v) is 17.1. The van der Waals surface area contributed by atoms with E-state index in [2.05, 4.69) is 0 Å². The largest absolute Gasteiger partial charge is 0 e. The van der Waals surface area contributed by atoms with E-state index in [0.29, 0.717) is 0 Å². The van der Waals surface area contributed by atoms with Crippen LogP contribution in [0, 0.1) is 88.7 Å². The van der Waals surface area contributed by atoms with Crippen molar-refractivity contribution in [3.8, 4) is 0 Å². The van der Waals surface area contributed by atoms with Gasteiger partial charge in [0.05, 0.1) is 0 Å². The average molecular weight is 631 g/mol. The van der Waals surface area contributed by atoms with Crippen molar-refractivity contribution in [2.75, 3.05) is 0 Å². The number of rotatable bonds is 0. The van der Waals surface area contributed by atoms with E-state index < -0.39 is 0 Å². The summed E-state index contributed by atoms with van der Waals surface area (Å²) in [7, 11) is 0. The Balaban J connectivity index is 0. The van der Waals surface area contributed by atoms with Crippen LogP contribution in [0.2, 0.25) is 0 Å². The SMILES string of the molecule is [Ba].[Ce].[Y].[Yb].[Zr]. The van der Waals surface area contributed by atoms with E-state index >= 15 is 0 Å². The van der Waals surface area contributed by atoms with Crippen molar-refractivity contribution < 1.29 is 148 Å². The van der Waals surface area contributed by atoms with E-state index in [0.717, 1.165) is 0 Å². The maximum absolute atomic E-state index is 0. The first-order valence-corrected chi connectivity index (χ1v) is 0. The molecule has 0 amide bonds. The quantitative estimate of drug-likeness (QED) is 0.321.